The zero-order chi connectivity index (χ0) is 11.4. The average molecular weight is 332 g/mol. The molecular formula is C12H17IN2O. The van der Waals surface area contributed by atoms with Crippen LogP contribution in [0, 0.1) is 9.49 Å². The molecule has 1 aromatic carbocycles. The lowest BCUT2D eigenvalue weighted by Gasteiger charge is -2.30. The Kier molecular flexibility index (Phi) is 4.57. The molecule has 1 fully saturated rings. The molecule has 1 heterocycles. The highest BCUT2D eigenvalue weighted by Gasteiger charge is 2.25. The van der Waals surface area contributed by atoms with Gasteiger partial charge in [0.05, 0.1) is 12.6 Å². The smallest absolute Gasteiger partial charge is 0.0520 e. The van der Waals surface area contributed by atoms with Crippen LogP contribution < -0.4 is 11.3 Å². The van der Waals surface area contributed by atoms with Gasteiger partial charge in [-0.2, -0.15) is 0 Å². The van der Waals surface area contributed by atoms with Crippen LogP contribution in [0.3, 0.4) is 0 Å². The Balaban J connectivity index is 2.18. The standard InChI is InChI=1S/C12H17IN2O/c13-11-6-2-1-5-10(11)12(15-14)9-4-3-7-16-8-9/h1-2,5-6,9,12,15H,3-4,7-8,14H2. The molecule has 3 N–H and O–H groups in total. The molecule has 0 spiro atoms. The van der Waals surface area contributed by atoms with Gasteiger partial charge in [-0.15, -0.1) is 0 Å². The highest BCUT2D eigenvalue weighted by Crippen LogP contribution is 2.30. The fourth-order valence-corrected chi connectivity index (χ4v) is 2.96. The van der Waals surface area contributed by atoms with E-state index < -0.39 is 0 Å². The van der Waals surface area contributed by atoms with E-state index in [4.69, 9.17) is 10.6 Å². The van der Waals surface area contributed by atoms with Crippen molar-refractivity contribution in [2.45, 2.75) is 18.9 Å². The number of halogens is 1. The Labute approximate surface area is 110 Å². The van der Waals surface area contributed by atoms with Gasteiger partial charge in [-0.1, -0.05) is 18.2 Å². The van der Waals surface area contributed by atoms with E-state index in [0.29, 0.717) is 5.92 Å². The van der Waals surface area contributed by atoms with Crippen molar-refractivity contribution >= 4 is 22.6 Å². The Morgan fingerprint density at radius 3 is 2.88 bits per heavy atom. The topological polar surface area (TPSA) is 47.3 Å². The Morgan fingerprint density at radius 2 is 2.25 bits per heavy atom. The molecule has 2 rings (SSSR count). The summed E-state index contributed by atoms with van der Waals surface area (Å²) in [5.74, 6) is 6.18. The minimum Gasteiger partial charge on any atom is -0.381 e. The molecule has 0 saturated carbocycles. The summed E-state index contributed by atoms with van der Waals surface area (Å²) in [7, 11) is 0. The number of rotatable bonds is 3. The van der Waals surface area contributed by atoms with Crippen molar-refractivity contribution in [3.63, 3.8) is 0 Å². The third kappa shape index (κ3) is 2.74. The molecule has 1 aliphatic heterocycles. The molecule has 1 aliphatic rings. The molecule has 0 radical (unpaired) electrons. The lowest BCUT2D eigenvalue weighted by molar-refractivity contribution is 0.0389. The number of ether oxygens (including phenoxy) is 1. The van der Waals surface area contributed by atoms with Gasteiger partial charge >= 0.3 is 0 Å². The number of nitrogens with two attached hydrogens (primary N) is 1. The van der Waals surface area contributed by atoms with Crippen molar-refractivity contribution in [1.82, 2.24) is 5.43 Å². The van der Waals surface area contributed by atoms with Crippen LogP contribution in [0.1, 0.15) is 24.4 Å². The summed E-state index contributed by atoms with van der Waals surface area (Å²) in [5, 5.41) is 0. The summed E-state index contributed by atoms with van der Waals surface area (Å²) in [6, 6.07) is 8.57. The minimum atomic E-state index is 0.202. The van der Waals surface area contributed by atoms with Gasteiger partial charge < -0.3 is 4.74 Å². The number of hydrogen-bond donors (Lipinski definition) is 2. The average Bonchev–Trinajstić information content (AvgIpc) is 2.34. The zero-order valence-electron chi connectivity index (χ0n) is 9.16. The van der Waals surface area contributed by atoms with Gasteiger partial charge in [0, 0.05) is 16.1 Å². The molecule has 2 unspecified atom stereocenters. The van der Waals surface area contributed by atoms with Gasteiger partial charge in [0.15, 0.2) is 0 Å². The van der Waals surface area contributed by atoms with Gasteiger partial charge in [0.2, 0.25) is 0 Å². The Hall–Kier alpha value is -0.170. The molecule has 0 bridgehead atoms. The van der Waals surface area contributed by atoms with Crippen LogP contribution in [0.15, 0.2) is 24.3 Å². The van der Waals surface area contributed by atoms with E-state index in [1.54, 1.807) is 0 Å². The van der Waals surface area contributed by atoms with Gasteiger partial charge in [-0.25, -0.2) is 0 Å². The SMILES string of the molecule is NNC(c1ccccc1I)C1CCCOC1. The normalized spacial score (nSPS) is 23.0. The summed E-state index contributed by atoms with van der Waals surface area (Å²) >= 11 is 2.36. The maximum atomic E-state index is 5.70. The summed E-state index contributed by atoms with van der Waals surface area (Å²) in [4.78, 5) is 0. The maximum Gasteiger partial charge on any atom is 0.0520 e. The first-order chi connectivity index (χ1) is 7.83. The van der Waals surface area contributed by atoms with E-state index in [2.05, 4.69) is 52.3 Å². The van der Waals surface area contributed by atoms with Gasteiger partial charge in [-0.05, 0) is 47.1 Å². The van der Waals surface area contributed by atoms with Crippen LogP contribution in [0.4, 0.5) is 0 Å². The maximum absolute atomic E-state index is 5.70. The number of hydrazine groups is 1. The lowest BCUT2D eigenvalue weighted by Crippen LogP contribution is -2.37. The first kappa shape index (κ1) is 12.3. The van der Waals surface area contributed by atoms with Crippen LogP contribution >= 0.6 is 22.6 Å². The van der Waals surface area contributed by atoms with Crippen LogP contribution in [0.2, 0.25) is 0 Å². The monoisotopic (exact) mass is 332 g/mol. The minimum absolute atomic E-state index is 0.202. The third-order valence-electron chi connectivity index (χ3n) is 3.09. The first-order valence-electron chi connectivity index (χ1n) is 5.61. The molecular weight excluding hydrogens is 315 g/mol. The van der Waals surface area contributed by atoms with E-state index in [0.717, 1.165) is 19.6 Å². The first-order valence-corrected chi connectivity index (χ1v) is 6.69. The number of nitrogens with one attached hydrogen (secondary N) is 1. The summed E-state index contributed by atoms with van der Waals surface area (Å²) < 4.78 is 6.79. The van der Waals surface area contributed by atoms with Crippen molar-refractivity contribution in [3.8, 4) is 0 Å². The molecule has 0 aliphatic carbocycles. The molecule has 2 atom stereocenters. The Bertz CT molecular complexity index is 340. The number of hydrogen-bond acceptors (Lipinski definition) is 3. The fraction of sp³-hybridized carbons (Fsp3) is 0.500. The second-order valence-corrected chi connectivity index (χ2v) is 5.31. The van der Waals surface area contributed by atoms with E-state index in [-0.39, 0.29) is 6.04 Å². The number of benzene rings is 1. The second-order valence-electron chi connectivity index (χ2n) is 4.14. The van der Waals surface area contributed by atoms with Crippen molar-refractivity contribution in [2.75, 3.05) is 13.2 Å². The lowest BCUT2D eigenvalue weighted by atomic mass is 9.89. The van der Waals surface area contributed by atoms with E-state index >= 15 is 0 Å². The predicted octanol–water partition coefficient (Wildman–Crippen LogP) is 2.22. The van der Waals surface area contributed by atoms with E-state index in [1.165, 1.54) is 15.6 Å². The molecule has 3 nitrogen and oxygen atoms in total. The summed E-state index contributed by atoms with van der Waals surface area (Å²) in [5.41, 5.74) is 4.22. The largest absolute Gasteiger partial charge is 0.381 e. The van der Waals surface area contributed by atoms with Crippen molar-refractivity contribution in [1.29, 1.82) is 0 Å². The molecule has 88 valence electrons. The summed E-state index contributed by atoms with van der Waals surface area (Å²) in [6.45, 7) is 1.69. The molecule has 0 amide bonds. The highest BCUT2D eigenvalue weighted by atomic mass is 127. The highest BCUT2D eigenvalue weighted by molar-refractivity contribution is 14.1. The fourth-order valence-electron chi connectivity index (χ4n) is 2.24. The third-order valence-corrected chi connectivity index (χ3v) is 4.07. The molecule has 1 aromatic rings. The molecule has 16 heavy (non-hydrogen) atoms. The Morgan fingerprint density at radius 1 is 1.44 bits per heavy atom. The van der Waals surface area contributed by atoms with Crippen LogP contribution in [-0.4, -0.2) is 13.2 Å². The van der Waals surface area contributed by atoms with Gasteiger partial charge in [0.25, 0.3) is 0 Å². The van der Waals surface area contributed by atoms with Crippen molar-refractivity contribution < 1.29 is 4.74 Å². The summed E-state index contributed by atoms with van der Waals surface area (Å²) in [6.07, 6.45) is 2.31. The van der Waals surface area contributed by atoms with Gasteiger partial charge in [0.1, 0.15) is 0 Å². The van der Waals surface area contributed by atoms with Crippen molar-refractivity contribution in [3.05, 3.63) is 33.4 Å². The quantitative estimate of drug-likeness (QED) is 0.507. The molecule has 0 aromatic heterocycles. The van der Waals surface area contributed by atoms with Crippen molar-refractivity contribution in [2.24, 2.45) is 11.8 Å². The van der Waals surface area contributed by atoms with E-state index in [9.17, 15) is 0 Å². The van der Waals surface area contributed by atoms with E-state index in [1.807, 2.05) is 0 Å². The predicted molar refractivity (Wildman–Crippen MR) is 72.8 cm³/mol. The van der Waals surface area contributed by atoms with Gasteiger partial charge in [-0.3, -0.25) is 11.3 Å². The van der Waals surface area contributed by atoms with Crippen LogP contribution in [-0.2, 0) is 4.74 Å². The van der Waals surface area contributed by atoms with Crippen LogP contribution in [0.5, 0.6) is 0 Å². The molecule has 1 saturated heterocycles. The van der Waals surface area contributed by atoms with Crippen LogP contribution in [0.25, 0.3) is 0 Å². The molecule has 4 heteroatoms. The second kappa shape index (κ2) is 5.95. The zero-order valence-corrected chi connectivity index (χ0v) is 11.3.